The van der Waals surface area contributed by atoms with Gasteiger partial charge in [-0.2, -0.15) is 0 Å². The van der Waals surface area contributed by atoms with E-state index in [9.17, 15) is 0 Å². The van der Waals surface area contributed by atoms with E-state index in [2.05, 4.69) is 46.7 Å². The van der Waals surface area contributed by atoms with E-state index in [-0.39, 0.29) is 31.6 Å². The minimum absolute atomic E-state index is 0. The Balaban J connectivity index is 0.000000230. The van der Waals surface area contributed by atoms with Crippen LogP contribution in [0.4, 0.5) is 4.39 Å². The van der Waals surface area contributed by atoms with Gasteiger partial charge in [0, 0.05) is 56.1 Å². The standard InChI is InChI=1S/C31H28FN2O.C19H26NSi.Ir/c1-19(2)25-18-33-28(17-22(25)16-20-8-6-7-9-20)23-12-14-26(32)29-24-13-15-27(21-10-4-3-5-11-21)34-31(24)35-30(23)29;1-19(2,3)13-16-12-17(15-10-8-7-9-11-15)20-14-18(16)21(4,5)6;/h3-5,10-11,13-15,17-20H,6-9,16H2,1-2H3;7-10,12,14H,13H2,1-6H3;/q2*-1;/i16D2,19D;13D2;. The Morgan fingerprint density at radius 2 is 1.60 bits per heavy atom. The first kappa shape index (κ1) is 35.8. The van der Waals surface area contributed by atoms with Crippen LogP contribution in [0.15, 0.2) is 102 Å². The van der Waals surface area contributed by atoms with Gasteiger partial charge in [-0.25, -0.2) is 4.98 Å². The molecule has 7 heteroatoms. The summed E-state index contributed by atoms with van der Waals surface area (Å²) in [6.45, 7) is 16.1. The minimum Gasteiger partial charge on any atom is -0.486 e. The number of rotatable bonds is 8. The fraction of sp³-hybridized carbons (Fsp3) is 0.340. The zero-order chi connectivity index (χ0) is 44.1. The third-order valence-corrected chi connectivity index (χ3v) is 12.1. The average Bonchev–Trinajstić information content (AvgIpc) is 3.90. The number of nitrogens with zero attached hydrogens (tertiary/aromatic N) is 3. The van der Waals surface area contributed by atoms with Crippen LogP contribution in [0.1, 0.15) is 89.7 Å². The molecule has 8 rings (SSSR count). The van der Waals surface area contributed by atoms with Gasteiger partial charge in [-0.05, 0) is 75.2 Å². The van der Waals surface area contributed by atoms with Gasteiger partial charge in [0.2, 0.25) is 5.71 Å². The Bertz CT molecular complexity index is 2680. The summed E-state index contributed by atoms with van der Waals surface area (Å²) in [5.41, 5.74) is 6.11. The van der Waals surface area contributed by atoms with Gasteiger partial charge in [0.15, 0.2) is 0 Å². The number of furan rings is 1. The van der Waals surface area contributed by atoms with Crippen molar-refractivity contribution in [2.45, 2.75) is 98.6 Å². The molecule has 1 saturated carbocycles. The Labute approximate surface area is 360 Å². The summed E-state index contributed by atoms with van der Waals surface area (Å²) in [4.78, 5) is 13.9. The zero-order valence-electron chi connectivity index (χ0n) is 39.1. The Morgan fingerprint density at radius 3 is 2.26 bits per heavy atom. The number of halogens is 1. The second kappa shape index (κ2) is 17.7. The quantitative estimate of drug-likeness (QED) is 0.112. The molecule has 0 amide bonds. The molecule has 4 aromatic heterocycles. The van der Waals surface area contributed by atoms with Crippen LogP contribution in [0.2, 0.25) is 19.6 Å². The molecule has 0 spiro atoms. The molecule has 0 saturated heterocycles. The molecule has 0 bridgehead atoms. The summed E-state index contributed by atoms with van der Waals surface area (Å²) < 4.78 is 65.6. The summed E-state index contributed by atoms with van der Waals surface area (Å²) in [7, 11) is -1.70. The van der Waals surface area contributed by atoms with Gasteiger partial charge in [-0.3, -0.25) is 4.39 Å². The van der Waals surface area contributed by atoms with Crippen LogP contribution in [0.5, 0.6) is 0 Å². The van der Waals surface area contributed by atoms with Crippen LogP contribution in [0.25, 0.3) is 55.8 Å². The first-order chi connectivity index (χ1) is 28.6. The summed E-state index contributed by atoms with van der Waals surface area (Å²) in [5, 5.41) is 1.95. The molecule has 1 radical (unpaired) electrons. The molecule has 3 aromatic carbocycles. The SMILES string of the molecule is [2H]C(C)(C)c1cnc(-c2[c-]cc(F)c3c2oc2nc(-c4ccccc4)ccc23)cc1C([2H])([2H])C1CCCC1.[2H]C([2H])(c1cc(-c2[c-]cccc2)ncc1[Si](C)(C)C)C(C)(C)C.[Ir]. The van der Waals surface area contributed by atoms with Crippen molar-refractivity contribution in [3.63, 3.8) is 0 Å². The smallest absolute Gasteiger partial charge is 0.216 e. The van der Waals surface area contributed by atoms with E-state index in [1.807, 2.05) is 99.8 Å². The molecule has 4 heterocycles. The van der Waals surface area contributed by atoms with Crippen LogP contribution < -0.4 is 5.19 Å². The Kier molecular flexibility index (Phi) is 11.1. The molecule has 1 fully saturated rings. The molecule has 4 nitrogen and oxygen atoms in total. The van der Waals surface area contributed by atoms with E-state index in [0.29, 0.717) is 38.9 Å². The summed E-state index contributed by atoms with van der Waals surface area (Å²) >= 11 is 0. The fourth-order valence-electron chi connectivity index (χ4n) is 7.29. The molecule has 297 valence electrons. The van der Waals surface area contributed by atoms with E-state index in [1.54, 1.807) is 26.1 Å². The largest absolute Gasteiger partial charge is 0.486 e. The van der Waals surface area contributed by atoms with Gasteiger partial charge in [0.25, 0.3) is 0 Å². The summed E-state index contributed by atoms with van der Waals surface area (Å²) in [6.07, 6.45) is 4.07. The van der Waals surface area contributed by atoms with Gasteiger partial charge < -0.3 is 14.4 Å². The molecule has 0 N–H and O–H groups in total. The normalized spacial score (nSPS) is 15.5. The maximum atomic E-state index is 15.1. The Morgan fingerprint density at radius 1 is 0.895 bits per heavy atom. The molecule has 7 aromatic rings. The predicted molar refractivity (Wildman–Crippen MR) is 233 cm³/mol. The van der Waals surface area contributed by atoms with E-state index in [1.165, 1.54) is 6.07 Å². The van der Waals surface area contributed by atoms with E-state index in [4.69, 9.17) is 11.3 Å². The number of hydrogen-bond donors (Lipinski definition) is 0. The van der Waals surface area contributed by atoms with Crippen molar-refractivity contribution in [2.24, 2.45) is 11.3 Å². The number of aromatic nitrogens is 3. The Hall–Kier alpha value is -4.29. The number of benzene rings is 3. The maximum Gasteiger partial charge on any atom is 0.216 e. The third kappa shape index (κ3) is 9.88. The number of fused-ring (bicyclic) bond motifs is 3. The van der Waals surface area contributed by atoms with Crippen molar-refractivity contribution >= 4 is 35.3 Å². The molecule has 57 heavy (non-hydrogen) atoms. The van der Waals surface area contributed by atoms with Crippen LogP contribution in [0.3, 0.4) is 0 Å². The van der Waals surface area contributed by atoms with Gasteiger partial charge >= 0.3 is 0 Å². The summed E-state index contributed by atoms with van der Waals surface area (Å²) in [5.74, 6) is -1.63. The first-order valence-corrected chi connectivity index (χ1v) is 23.1. The van der Waals surface area contributed by atoms with Gasteiger partial charge in [0.05, 0.1) is 19.4 Å². The minimum atomic E-state index is -1.70. The van der Waals surface area contributed by atoms with Crippen LogP contribution in [-0.4, -0.2) is 23.0 Å². The topological polar surface area (TPSA) is 51.8 Å². The third-order valence-electron chi connectivity index (χ3n) is 10.1. The molecule has 0 unspecified atom stereocenters. The van der Waals surface area contributed by atoms with Crippen LogP contribution in [0, 0.1) is 29.3 Å². The monoisotopic (exact) mass is 957 g/mol. The zero-order valence-corrected chi connectivity index (χ0v) is 37.5. The molecule has 0 aliphatic heterocycles. The second-order valence-electron chi connectivity index (χ2n) is 17.0. The maximum absolute atomic E-state index is 15.1. The number of pyridine rings is 3. The van der Waals surface area contributed by atoms with E-state index >= 15 is 4.39 Å². The van der Waals surface area contributed by atoms with Crippen molar-refractivity contribution < 1.29 is 35.8 Å². The fourth-order valence-corrected chi connectivity index (χ4v) is 8.68. The molecule has 0 atom stereocenters. The van der Waals surface area contributed by atoms with E-state index < -0.39 is 37.9 Å². The van der Waals surface area contributed by atoms with Crippen LogP contribution in [-0.2, 0) is 32.9 Å². The van der Waals surface area contributed by atoms with E-state index in [0.717, 1.165) is 58.9 Å². The summed E-state index contributed by atoms with van der Waals surface area (Å²) in [6, 6.07) is 32.2. The average molecular weight is 957 g/mol. The van der Waals surface area contributed by atoms with Gasteiger partial charge in [0.1, 0.15) is 0 Å². The molecule has 1 aliphatic rings. The van der Waals surface area contributed by atoms with Gasteiger partial charge in [-0.1, -0.05) is 134 Å². The predicted octanol–water partition coefficient (Wildman–Crippen LogP) is 13.2. The molecular formula is C50H54FIrN3OSi-2. The van der Waals surface area contributed by atoms with Crippen molar-refractivity contribution in [3.8, 4) is 33.8 Å². The first-order valence-electron chi connectivity index (χ1n) is 22.1. The van der Waals surface area contributed by atoms with Gasteiger partial charge in [-0.15, -0.1) is 48.0 Å². The number of hydrogen-bond acceptors (Lipinski definition) is 4. The second-order valence-corrected chi connectivity index (χ2v) is 22.0. The molecule has 1 aliphatic carbocycles. The van der Waals surface area contributed by atoms with Crippen LogP contribution >= 0.6 is 0 Å². The van der Waals surface area contributed by atoms with Crippen molar-refractivity contribution in [3.05, 3.63) is 132 Å². The van der Waals surface area contributed by atoms with Crippen molar-refractivity contribution in [1.82, 2.24) is 15.0 Å². The van der Waals surface area contributed by atoms with Crippen molar-refractivity contribution in [2.75, 3.05) is 0 Å². The van der Waals surface area contributed by atoms with Crippen molar-refractivity contribution in [1.29, 1.82) is 0 Å². The molecular weight excluding hydrogens is 898 g/mol.